The number of carbonyl (C=O) groups excluding carboxylic acids is 2. The minimum atomic E-state index is -0.696. The van der Waals surface area contributed by atoms with Gasteiger partial charge in [-0.05, 0) is 31.5 Å². The summed E-state index contributed by atoms with van der Waals surface area (Å²) in [5.74, 6) is -0.0977. The monoisotopic (exact) mass is 363 g/mol. The summed E-state index contributed by atoms with van der Waals surface area (Å²) in [5.41, 5.74) is -0.0999. The van der Waals surface area contributed by atoms with Gasteiger partial charge in [-0.2, -0.15) is 0 Å². The predicted octanol–water partition coefficient (Wildman–Crippen LogP) is 1.80. The molecule has 3 rings (SSSR count). The maximum Gasteiger partial charge on any atom is 0.408 e. The number of nitro benzene ring substituents is 1. The molecule has 140 valence electrons. The molecule has 9 nitrogen and oxygen atoms in total. The first kappa shape index (κ1) is 18.1. The summed E-state index contributed by atoms with van der Waals surface area (Å²) in [5, 5.41) is 13.2. The van der Waals surface area contributed by atoms with Crippen LogP contribution in [0, 0.1) is 16.0 Å². The molecule has 2 aliphatic heterocycles. The molecule has 0 spiro atoms. The molecule has 2 amide bonds. The van der Waals surface area contributed by atoms with Crippen LogP contribution in [-0.2, 0) is 20.9 Å². The van der Waals surface area contributed by atoms with Crippen LogP contribution in [0.15, 0.2) is 24.3 Å². The quantitative estimate of drug-likeness (QED) is 0.496. The Morgan fingerprint density at radius 1 is 1.42 bits per heavy atom. The largest absolute Gasteiger partial charge is 0.445 e. The minimum absolute atomic E-state index is 0.0329. The SMILES string of the molecule is C[C@H]1COC(C)(C)N2C(=O)[C@H](NC(=O)OCc3ccc([N+](=O)[O-])cc3)[C@@H]12. The van der Waals surface area contributed by atoms with Crippen molar-refractivity contribution in [2.24, 2.45) is 5.92 Å². The van der Waals surface area contributed by atoms with Crippen molar-refractivity contribution in [1.82, 2.24) is 10.2 Å². The van der Waals surface area contributed by atoms with Gasteiger partial charge >= 0.3 is 6.09 Å². The van der Waals surface area contributed by atoms with Crippen LogP contribution in [0.25, 0.3) is 0 Å². The standard InChI is InChI=1S/C17H21N3O6/c1-10-8-26-17(2,3)19-14(10)13(15(19)21)18-16(22)25-9-11-4-6-12(7-5-11)20(23)24/h4-7,10,13-14H,8-9H2,1-3H3,(H,18,22)/t10-,13+,14+/m0/s1. The van der Waals surface area contributed by atoms with Crippen LogP contribution in [0.3, 0.4) is 0 Å². The van der Waals surface area contributed by atoms with Crippen molar-refractivity contribution in [2.45, 2.75) is 45.2 Å². The van der Waals surface area contributed by atoms with E-state index in [1.54, 1.807) is 4.90 Å². The van der Waals surface area contributed by atoms with Crippen LogP contribution in [0.1, 0.15) is 26.3 Å². The summed E-state index contributed by atoms with van der Waals surface area (Å²) in [7, 11) is 0. The van der Waals surface area contributed by atoms with E-state index in [9.17, 15) is 19.7 Å². The number of non-ortho nitro benzene ring substituents is 1. The Bertz CT molecular complexity index is 733. The number of nitrogens with one attached hydrogen (secondary N) is 1. The van der Waals surface area contributed by atoms with Crippen molar-refractivity contribution in [2.75, 3.05) is 6.61 Å². The van der Waals surface area contributed by atoms with Crippen molar-refractivity contribution >= 4 is 17.7 Å². The highest BCUT2D eigenvalue weighted by atomic mass is 16.6. The number of amides is 2. The van der Waals surface area contributed by atoms with Gasteiger partial charge in [0.2, 0.25) is 5.91 Å². The zero-order valence-electron chi connectivity index (χ0n) is 14.8. The van der Waals surface area contributed by atoms with E-state index < -0.39 is 22.8 Å². The summed E-state index contributed by atoms with van der Waals surface area (Å²) < 4.78 is 10.8. The molecule has 1 aromatic rings. The van der Waals surface area contributed by atoms with E-state index >= 15 is 0 Å². The Morgan fingerprint density at radius 3 is 2.69 bits per heavy atom. The van der Waals surface area contributed by atoms with Crippen molar-refractivity contribution in [1.29, 1.82) is 0 Å². The molecule has 0 aliphatic carbocycles. The van der Waals surface area contributed by atoms with Crippen LogP contribution < -0.4 is 5.32 Å². The van der Waals surface area contributed by atoms with Gasteiger partial charge in [0, 0.05) is 18.1 Å². The Hall–Kier alpha value is -2.68. The van der Waals surface area contributed by atoms with Crippen molar-refractivity contribution in [3.8, 4) is 0 Å². The first-order valence-corrected chi connectivity index (χ1v) is 8.34. The topological polar surface area (TPSA) is 111 Å². The van der Waals surface area contributed by atoms with E-state index in [1.165, 1.54) is 24.3 Å². The lowest BCUT2D eigenvalue weighted by atomic mass is 9.81. The second-order valence-corrected chi connectivity index (χ2v) is 7.06. The highest BCUT2D eigenvalue weighted by Crippen LogP contribution is 2.39. The van der Waals surface area contributed by atoms with Crippen LogP contribution in [0.4, 0.5) is 10.5 Å². The van der Waals surface area contributed by atoms with Crippen LogP contribution >= 0.6 is 0 Å². The number of rotatable bonds is 4. The number of carbonyl (C=O) groups is 2. The van der Waals surface area contributed by atoms with Crippen LogP contribution in [0.5, 0.6) is 0 Å². The number of fused-ring (bicyclic) bond motifs is 1. The summed E-state index contributed by atoms with van der Waals surface area (Å²) in [6.45, 7) is 6.09. The molecule has 0 aromatic heterocycles. The Balaban J connectivity index is 1.55. The zero-order valence-corrected chi connectivity index (χ0v) is 14.8. The summed E-state index contributed by atoms with van der Waals surface area (Å²) >= 11 is 0. The van der Waals surface area contributed by atoms with Gasteiger partial charge in [0.15, 0.2) is 0 Å². The van der Waals surface area contributed by atoms with E-state index in [0.29, 0.717) is 12.2 Å². The van der Waals surface area contributed by atoms with Crippen LogP contribution in [0.2, 0.25) is 0 Å². The molecule has 9 heteroatoms. The molecule has 0 saturated carbocycles. The second kappa shape index (κ2) is 6.56. The van der Waals surface area contributed by atoms with Gasteiger partial charge in [-0.25, -0.2) is 4.79 Å². The maximum atomic E-state index is 12.4. The zero-order chi connectivity index (χ0) is 19.1. The molecule has 0 bridgehead atoms. The lowest BCUT2D eigenvalue weighted by Crippen LogP contribution is -2.80. The van der Waals surface area contributed by atoms with Crippen molar-refractivity contribution in [3.63, 3.8) is 0 Å². The fourth-order valence-electron chi connectivity index (χ4n) is 3.40. The number of alkyl carbamates (subject to hydrolysis) is 1. The average Bonchev–Trinajstić information content (AvgIpc) is 2.59. The normalized spacial score (nSPS) is 26.5. The fraction of sp³-hybridized carbons (Fsp3) is 0.529. The molecule has 2 heterocycles. The predicted molar refractivity (Wildman–Crippen MR) is 90.0 cm³/mol. The molecule has 2 saturated heterocycles. The fourth-order valence-corrected chi connectivity index (χ4v) is 3.40. The second-order valence-electron chi connectivity index (χ2n) is 7.06. The van der Waals surface area contributed by atoms with E-state index in [-0.39, 0.29) is 30.2 Å². The van der Waals surface area contributed by atoms with Gasteiger partial charge in [0.1, 0.15) is 18.4 Å². The summed E-state index contributed by atoms with van der Waals surface area (Å²) in [6.07, 6.45) is -0.696. The maximum absolute atomic E-state index is 12.4. The summed E-state index contributed by atoms with van der Waals surface area (Å²) in [6, 6.07) is 4.97. The third-order valence-electron chi connectivity index (χ3n) is 4.80. The van der Waals surface area contributed by atoms with E-state index in [4.69, 9.17) is 9.47 Å². The molecule has 0 unspecified atom stereocenters. The number of ether oxygens (including phenoxy) is 2. The number of benzene rings is 1. The van der Waals surface area contributed by atoms with E-state index in [0.717, 1.165) is 0 Å². The molecule has 3 atom stereocenters. The Kier molecular flexibility index (Phi) is 4.57. The molecule has 1 aromatic carbocycles. The summed E-state index contributed by atoms with van der Waals surface area (Å²) in [4.78, 5) is 36.2. The van der Waals surface area contributed by atoms with E-state index in [1.807, 2.05) is 20.8 Å². The lowest BCUT2D eigenvalue weighted by Gasteiger charge is -2.59. The highest BCUT2D eigenvalue weighted by molar-refractivity contribution is 5.93. The number of nitrogens with zero attached hydrogens (tertiary/aromatic N) is 2. The number of nitro groups is 1. The van der Waals surface area contributed by atoms with Gasteiger partial charge in [-0.3, -0.25) is 14.9 Å². The molecule has 1 N–H and O–H groups in total. The molecule has 2 fully saturated rings. The molecule has 0 radical (unpaired) electrons. The molecular formula is C17H21N3O6. The third kappa shape index (κ3) is 3.22. The molecule has 26 heavy (non-hydrogen) atoms. The first-order chi connectivity index (χ1) is 12.2. The van der Waals surface area contributed by atoms with Gasteiger partial charge in [0.25, 0.3) is 5.69 Å². The van der Waals surface area contributed by atoms with Gasteiger partial charge < -0.3 is 19.7 Å². The highest BCUT2D eigenvalue weighted by Gasteiger charge is 2.58. The minimum Gasteiger partial charge on any atom is -0.445 e. The van der Waals surface area contributed by atoms with Crippen molar-refractivity contribution in [3.05, 3.63) is 39.9 Å². The number of hydrogen-bond acceptors (Lipinski definition) is 6. The third-order valence-corrected chi connectivity index (χ3v) is 4.80. The number of hydrogen-bond donors (Lipinski definition) is 1. The lowest BCUT2D eigenvalue weighted by molar-refractivity contribution is -0.384. The van der Waals surface area contributed by atoms with Gasteiger partial charge in [-0.1, -0.05) is 6.92 Å². The van der Waals surface area contributed by atoms with Crippen molar-refractivity contribution < 1.29 is 24.0 Å². The Morgan fingerprint density at radius 2 is 2.08 bits per heavy atom. The smallest absolute Gasteiger partial charge is 0.408 e. The van der Waals surface area contributed by atoms with Gasteiger partial charge in [-0.15, -0.1) is 0 Å². The average molecular weight is 363 g/mol. The molecular weight excluding hydrogens is 342 g/mol. The van der Waals surface area contributed by atoms with Gasteiger partial charge in [0.05, 0.1) is 17.6 Å². The Labute approximate surface area is 150 Å². The first-order valence-electron chi connectivity index (χ1n) is 8.34. The molecule has 2 aliphatic rings. The van der Waals surface area contributed by atoms with E-state index in [2.05, 4.69) is 5.32 Å². The number of β-lactam (4-membered cyclic amide) rings is 1. The van der Waals surface area contributed by atoms with Crippen LogP contribution in [-0.4, -0.2) is 46.2 Å².